The van der Waals surface area contributed by atoms with E-state index in [9.17, 15) is 4.79 Å². The van der Waals surface area contributed by atoms with Crippen LogP contribution in [0.2, 0.25) is 0 Å². The Morgan fingerprint density at radius 3 is 2.74 bits per heavy atom. The fourth-order valence-corrected chi connectivity index (χ4v) is 4.30. The number of aryl methyl sites for hydroxylation is 3. The van der Waals surface area contributed by atoms with Gasteiger partial charge in [0.1, 0.15) is 5.82 Å². The van der Waals surface area contributed by atoms with E-state index in [1.54, 1.807) is 0 Å². The van der Waals surface area contributed by atoms with E-state index >= 15 is 0 Å². The molecule has 0 spiro atoms. The number of aromatic amines is 1. The molecule has 0 aliphatic carbocycles. The summed E-state index contributed by atoms with van der Waals surface area (Å²) in [6, 6.07) is 10.1. The average Bonchev–Trinajstić information content (AvgIpc) is 3.18. The summed E-state index contributed by atoms with van der Waals surface area (Å²) in [5.41, 5.74) is 4.06. The number of piperidine rings is 1. The predicted molar refractivity (Wildman–Crippen MR) is 123 cm³/mol. The van der Waals surface area contributed by atoms with Crippen LogP contribution < -0.4 is 10.2 Å². The zero-order valence-electron chi connectivity index (χ0n) is 18.5. The lowest BCUT2D eigenvalue weighted by Crippen LogP contribution is -2.44. The standard InChI is InChI=1S/C24H32N6O/c1-17-15-18(2)27-24(26-17)30-14-8-9-19(16-30)23(31)25-13-7-3-4-12-22-28-20-10-5-6-11-21(20)29-22/h5-6,10-11,15,19H,3-4,7-9,12-14,16H2,1-2H3,(H,25,31)(H,28,29). The van der Waals surface area contributed by atoms with Gasteiger partial charge in [-0.15, -0.1) is 0 Å². The lowest BCUT2D eigenvalue weighted by atomic mass is 9.97. The number of imidazole rings is 1. The first-order chi connectivity index (χ1) is 15.1. The fraction of sp³-hybridized carbons (Fsp3) is 0.500. The monoisotopic (exact) mass is 420 g/mol. The van der Waals surface area contributed by atoms with Gasteiger partial charge in [0.2, 0.25) is 11.9 Å². The summed E-state index contributed by atoms with van der Waals surface area (Å²) in [6.07, 6.45) is 5.99. The molecule has 2 N–H and O–H groups in total. The SMILES string of the molecule is Cc1cc(C)nc(N2CCCC(C(=O)NCCCCCc3nc4ccccc4[nH]3)C2)n1. The Bertz CT molecular complexity index is 977. The molecule has 1 aromatic carbocycles. The van der Waals surface area contributed by atoms with Gasteiger partial charge in [0.15, 0.2) is 0 Å². The van der Waals surface area contributed by atoms with Crippen molar-refractivity contribution in [3.05, 3.63) is 47.5 Å². The number of rotatable bonds is 8. The summed E-state index contributed by atoms with van der Waals surface area (Å²) in [5.74, 6) is 1.96. The Balaban J connectivity index is 1.17. The van der Waals surface area contributed by atoms with Crippen molar-refractivity contribution in [2.75, 3.05) is 24.5 Å². The summed E-state index contributed by atoms with van der Waals surface area (Å²) < 4.78 is 0. The van der Waals surface area contributed by atoms with Gasteiger partial charge in [0.25, 0.3) is 0 Å². The fourth-order valence-electron chi connectivity index (χ4n) is 4.30. The molecule has 7 nitrogen and oxygen atoms in total. The molecule has 3 aromatic rings. The molecule has 1 amide bonds. The van der Waals surface area contributed by atoms with Crippen molar-refractivity contribution in [2.24, 2.45) is 5.92 Å². The third-order valence-electron chi connectivity index (χ3n) is 5.87. The third-order valence-corrected chi connectivity index (χ3v) is 5.87. The molecule has 4 rings (SSSR count). The minimum atomic E-state index is 0.00807. The minimum absolute atomic E-state index is 0.00807. The maximum absolute atomic E-state index is 12.7. The summed E-state index contributed by atoms with van der Waals surface area (Å²) in [4.78, 5) is 31.9. The highest BCUT2D eigenvalue weighted by molar-refractivity contribution is 5.79. The van der Waals surface area contributed by atoms with Gasteiger partial charge in [0, 0.05) is 37.4 Å². The number of fused-ring (bicyclic) bond motifs is 1. The van der Waals surface area contributed by atoms with Crippen LogP contribution in [0.1, 0.15) is 49.3 Å². The molecular weight excluding hydrogens is 388 g/mol. The predicted octanol–water partition coefficient (Wildman–Crippen LogP) is 3.72. The Labute approximate surface area is 183 Å². The number of benzene rings is 1. The van der Waals surface area contributed by atoms with Crippen LogP contribution in [0.3, 0.4) is 0 Å². The maximum atomic E-state index is 12.7. The lowest BCUT2D eigenvalue weighted by Gasteiger charge is -2.32. The lowest BCUT2D eigenvalue weighted by molar-refractivity contribution is -0.125. The van der Waals surface area contributed by atoms with E-state index in [1.807, 2.05) is 38.1 Å². The van der Waals surface area contributed by atoms with Crippen molar-refractivity contribution in [2.45, 2.75) is 52.4 Å². The topological polar surface area (TPSA) is 86.8 Å². The van der Waals surface area contributed by atoms with Crippen molar-refractivity contribution in [1.82, 2.24) is 25.3 Å². The highest BCUT2D eigenvalue weighted by atomic mass is 16.1. The van der Waals surface area contributed by atoms with Gasteiger partial charge in [-0.1, -0.05) is 18.6 Å². The van der Waals surface area contributed by atoms with Crippen molar-refractivity contribution in [3.8, 4) is 0 Å². The zero-order chi connectivity index (χ0) is 21.6. The van der Waals surface area contributed by atoms with Crippen molar-refractivity contribution < 1.29 is 4.79 Å². The Morgan fingerprint density at radius 2 is 1.94 bits per heavy atom. The van der Waals surface area contributed by atoms with Gasteiger partial charge in [0.05, 0.1) is 17.0 Å². The summed E-state index contributed by atoms with van der Waals surface area (Å²) >= 11 is 0. The number of aromatic nitrogens is 4. The quantitative estimate of drug-likeness (QED) is 0.543. The van der Waals surface area contributed by atoms with E-state index in [0.717, 1.165) is 85.8 Å². The van der Waals surface area contributed by atoms with Gasteiger partial charge in [-0.3, -0.25) is 4.79 Å². The van der Waals surface area contributed by atoms with E-state index in [1.165, 1.54) is 0 Å². The van der Waals surface area contributed by atoms with Gasteiger partial charge in [-0.05, 0) is 57.7 Å². The van der Waals surface area contributed by atoms with Crippen LogP contribution in [0.4, 0.5) is 5.95 Å². The van der Waals surface area contributed by atoms with E-state index in [4.69, 9.17) is 0 Å². The smallest absolute Gasteiger partial charge is 0.225 e. The van der Waals surface area contributed by atoms with Gasteiger partial charge >= 0.3 is 0 Å². The van der Waals surface area contributed by atoms with E-state index in [0.29, 0.717) is 6.54 Å². The first-order valence-corrected chi connectivity index (χ1v) is 11.4. The van der Waals surface area contributed by atoms with Gasteiger partial charge in [-0.25, -0.2) is 15.0 Å². The first kappa shape index (κ1) is 21.3. The molecule has 0 saturated carbocycles. The highest BCUT2D eigenvalue weighted by Crippen LogP contribution is 2.21. The molecule has 1 aliphatic rings. The number of hydrogen-bond donors (Lipinski definition) is 2. The van der Waals surface area contributed by atoms with E-state index < -0.39 is 0 Å². The molecule has 31 heavy (non-hydrogen) atoms. The van der Waals surface area contributed by atoms with E-state index in [2.05, 4.69) is 36.2 Å². The second kappa shape index (κ2) is 9.90. The number of hydrogen-bond acceptors (Lipinski definition) is 5. The van der Waals surface area contributed by atoms with Crippen molar-refractivity contribution >= 4 is 22.9 Å². The largest absolute Gasteiger partial charge is 0.356 e. The number of para-hydroxylation sites is 2. The van der Waals surface area contributed by atoms with E-state index in [-0.39, 0.29) is 11.8 Å². The van der Waals surface area contributed by atoms with Crippen LogP contribution in [0.5, 0.6) is 0 Å². The Hall–Kier alpha value is -2.96. The van der Waals surface area contributed by atoms with Gasteiger partial charge in [-0.2, -0.15) is 0 Å². The molecule has 2 aromatic heterocycles. The molecule has 0 radical (unpaired) electrons. The second-order valence-electron chi connectivity index (χ2n) is 8.54. The van der Waals surface area contributed by atoms with Crippen LogP contribution in [-0.2, 0) is 11.2 Å². The number of H-pyrrole nitrogens is 1. The molecule has 3 heterocycles. The Morgan fingerprint density at radius 1 is 1.13 bits per heavy atom. The third kappa shape index (κ3) is 5.60. The minimum Gasteiger partial charge on any atom is -0.356 e. The molecule has 1 saturated heterocycles. The molecule has 1 fully saturated rings. The van der Waals surface area contributed by atoms with Crippen LogP contribution in [-0.4, -0.2) is 45.5 Å². The average molecular weight is 421 g/mol. The number of carbonyl (C=O) groups is 1. The molecule has 7 heteroatoms. The van der Waals surface area contributed by atoms with Crippen molar-refractivity contribution in [1.29, 1.82) is 0 Å². The summed E-state index contributed by atoms with van der Waals surface area (Å²) in [7, 11) is 0. The number of carbonyl (C=O) groups excluding carboxylic acids is 1. The normalized spacial score (nSPS) is 16.6. The van der Waals surface area contributed by atoms with Crippen LogP contribution in [0.25, 0.3) is 11.0 Å². The Kier molecular flexibility index (Phi) is 6.79. The first-order valence-electron chi connectivity index (χ1n) is 11.4. The maximum Gasteiger partial charge on any atom is 0.225 e. The number of anilines is 1. The van der Waals surface area contributed by atoms with Crippen molar-refractivity contribution in [3.63, 3.8) is 0 Å². The van der Waals surface area contributed by atoms with Crippen LogP contribution in [0.15, 0.2) is 30.3 Å². The van der Waals surface area contributed by atoms with Crippen LogP contribution in [0, 0.1) is 19.8 Å². The molecule has 1 unspecified atom stereocenters. The molecule has 0 bridgehead atoms. The van der Waals surface area contributed by atoms with Crippen LogP contribution >= 0.6 is 0 Å². The molecular formula is C24H32N6O. The summed E-state index contributed by atoms with van der Waals surface area (Å²) in [5, 5.41) is 3.14. The molecule has 1 aliphatic heterocycles. The number of nitrogens with one attached hydrogen (secondary N) is 2. The van der Waals surface area contributed by atoms with Gasteiger partial charge < -0.3 is 15.2 Å². The number of nitrogens with zero attached hydrogens (tertiary/aromatic N) is 4. The molecule has 164 valence electrons. The highest BCUT2D eigenvalue weighted by Gasteiger charge is 2.27. The molecule has 1 atom stereocenters. The second-order valence-corrected chi connectivity index (χ2v) is 8.54. The zero-order valence-corrected chi connectivity index (χ0v) is 18.5. The number of amides is 1. The number of unbranched alkanes of at least 4 members (excludes halogenated alkanes) is 2. The summed E-state index contributed by atoms with van der Waals surface area (Å²) in [6.45, 7) is 6.31.